The van der Waals surface area contributed by atoms with Crippen LogP contribution in [0.2, 0.25) is 0 Å². The summed E-state index contributed by atoms with van der Waals surface area (Å²) in [5, 5.41) is 1.05. The van der Waals surface area contributed by atoms with Gasteiger partial charge in [0, 0.05) is 18.1 Å². The number of likely N-dealkylation sites (N-methyl/N-ethyl adjacent to an activating group) is 1. The summed E-state index contributed by atoms with van der Waals surface area (Å²) in [7, 11) is 5.71. The highest BCUT2D eigenvalue weighted by molar-refractivity contribution is 5.97. The van der Waals surface area contributed by atoms with Gasteiger partial charge in [-0.25, -0.2) is 0 Å². The molecule has 2 aromatic rings. The fourth-order valence-electron chi connectivity index (χ4n) is 2.35. The van der Waals surface area contributed by atoms with Gasteiger partial charge >= 0.3 is 0 Å². The highest BCUT2D eigenvalue weighted by atomic mass is 35.5. The molecule has 1 aromatic heterocycles. The summed E-state index contributed by atoms with van der Waals surface area (Å²) in [4.78, 5) is 14.4. The molecule has 0 aliphatic carbocycles. The van der Waals surface area contributed by atoms with E-state index in [0.29, 0.717) is 0 Å². The second-order valence-electron chi connectivity index (χ2n) is 5.59. The number of methoxy groups -OCH3 is 1. The summed E-state index contributed by atoms with van der Waals surface area (Å²) in [6.45, 7) is 2.62. The molecule has 2 N–H and O–H groups in total. The van der Waals surface area contributed by atoms with Gasteiger partial charge in [-0.1, -0.05) is 0 Å². The maximum atomic E-state index is 12.3. The standard InChI is InChI=1S/C16H23N3O2.2ClH/c1-11(17)16(20)19-10-12(7-8-18(2)3)14-9-13(21-4)5-6-15(14)19;;/h5-6,9-11H,7-8,17H2,1-4H3;2*1H. The molecule has 130 valence electrons. The van der Waals surface area contributed by atoms with Crippen LogP contribution in [0, 0.1) is 0 Å². The minimum absolute atomic E-state index is 0. The molecule has 0 spiro atoms. The summed E-state index contributed by atoms with van der Waals surface area (Å²) in [6.07, 6.45) is 2.77. The molecule has 0 aliphatic heterocycles. The number of halogens is 2. The minimum atomic E-state index is -0.524. The first-order valence-corrected chi connectivity index (χ1v) is 7.06. The Kier molecular flexibility index (Phi) is 8.63. The number of fused-ring (bicyclic) bond motifs is 1. The van der Waals surface area contributed by atoms with Crippen molar-refractivity contribution < 1.29 is 9.53 Å². The van der Waals surface area contributed by atoms with E-state index in [2.05, 4.69) is 4.90 Å². The predicted molar refractivity (Wildman–Crippen MR) is 99.5 cm³/mol. The van der Waals surface area contributed by atoms with Crippen molar-refractivity contribution in [2.75, 3.05) is 27.7 Å². The van der Waals surface area contributed by atoms with Crippen LogP contribution in [0.3, 0.4) is 0 Å². The SMILES string of the molecule is COc1ccc2c(c1)c(CCN(C)C)cn2C(=O)C(C)N.Cl.Cl. The molecule has 1 unspecified atom stereocenters. The van der Waals surface area contributed by atoms with Crippen LogP contribution in [0.1, 0.15) is 17.3 Å². The number of ether oxygens (including phenoxy) is 1. The summed E-state index contributed by atoms with van der Waals surface area (Å²) >= 11 is 0. The van der Waals surface area contributed by atoms with Crippen molar-refractivity contribution in [1.82, 2.24) is 9.47 Å². The van der Waals surface area contributed by atoms with Crippen LogP contribution in [-0.2, 0) is 6.42 Å². The van der Waals surface area contributed by atoms with Gasteiger partial charge in [0.1, 0.15) is 5.75 Å². The zero-order valence-electron chi connectivity index (χ0n) is 13.9. The minimum Gasteiger partial charge on any atom is -0.497 e. The van der Waals surface area contributed by atoms with Crippen molar-refractivity contribution in [3.05, 3.63) is 30.0 Å². The van der Waals surface area contributed by atoms with E-state index in [1.807, 2.05) is 38.5 Å². The van der Waals surface area contributed by atoms with Crippen molar-refractivity contribution >= 4 is 41.6 Å². The second kappa shape index (κ2) is 9.13. The van der Waals surface area contributed by atoms with Crippen LogP contribution < -0.4 is 10.5 Å². The molecule has 7 heteroatoms. The third kappa shape index (κ3) is 4.85. The van der Waals surface area contributed by atoms with Gasteiger partial charge in [-0.2, -0.15) is 0 Å². The van der Waals surface area contributed by atoms with E-state index < -0.39 is 6.04 Å². The third-order valence-corrected chi connectivity index (χ3v) is 3.55. The Morgan fingerprint density at radius 2 is 2.00 bits per heavy atom. The van der Waals surface area contributed by atoms with Crippen molar-refractivity contribution in [2.24, 2.45) is 5.73 Å². The molecule has 0 bridgehead atoms. The summed E-state index contributed by atoms with van der Waals surface area (Å²) in [5.74, 6) is 0.695. The molecule has 2 rings (SSSR count). The van der Waals surface area contributed by atoms with E-state index in [4.69, 9.17) is 10.5 Å². The van der Waals surface area contributed by atoms with Crippen LogP contribution >= 0.6 is 24.8 Å². The molecule has 1 heterocycles. The van der Waals surface area contributed by atoms with Gasteiger partial charge in [0.2, 0.25) is 5.91 Å². The van der Waals surface area contributed by atoms with Crippen molar-refractivity contribution in [2.45, 2.75) is 19.4 Å². The Balaban J connectivity index is 0.00000242. The largest absolute Gasteiger partial charge is 0.497 e. The molecule has 0 amide bonds. The van der Waals surface area contributed by atoms with Crippen LogP contribution in [-0.4, -0.2) is 49.2 Å². The van der Waals surface area contributed by atoms with Crippen molar-refractivity contribution in [3.8, 4) is 5.75 Å². The van der Waals surface area contributed by atoms with Crippen molar-refractivity contribution in [1.29, 1.82) is 0 Å². The maximum Gasteiger partial charge on any atom is 0.247 e. The van der Waals surface area contributed by atoms with Crippen LogP contribution in [0.25, 0.3) is 10.9 Å². The molecular formula is C16H25Cl2N3O2. The Bertz CT molecular complexity index is 654. The van der Waals surface area contributed by atoms with Crippen molar-refractivity contribution in [3.63, 3.8) is 0 Å². The Morgan fingerprint density at radius 3 is 2.52 bits per heavy atom. The fraction of sp³-hybridized carbons (Fsp3) is 0.438. The lowest BCUT2D eigenvalue weighted by Crippen LogP contribution is -2.31. The van der Waals surface area contributed by atoms with Gasteiger partial charge in [-0.15, -0.1) is 24.8 Å². The van der Waals surface area contributed by atoms with Gasteiger partial charge in [0.05, 0.1) is 18.7 Å². The monoisotopic (exact) mass is 361 g/mol. The average Bonchev–Trinajstić information content (AvgIpc) is 2.81. The number of benzene rings is 1. The van der Waals surface area contributed by atoms with Crippen LogP contribution in [0.15, 0.2) is 24.4 Å². The van der Waals surface area contributed by atoms with E-state index in [0.717, 1.165) is 35.2 Å². The number of nitrogens with zero attached hydrogens (tertiary/aromatic N) is 2. The highest BCUT2D eigenvalue weighted by Crippen LogP contribution is 2.26. The summed E-state index contributed by atoms with van der Waals surface area (Å²) < 4.78 is 6.95. The lowest BCUT2D eigenvalue weighted by atomic mass is 10.1. The Hall–Kier alpha value is -1.27. The maximum absolute atomic E-state index is 12.3. The quantitative estimate of drug-likeness (QED) is 0.888. The molecule has 0 saturated heterocycles. The number of hydrogen-bond acceptors (Lipinski definition) is 4. The molecular weight excluding hydrogens is 337 g/mol. The van der Waals surface area contributed by atoms with E-state index in [-0.39, 0.29) is 30.7 Å². The van der Waals surface area contributed by atoms with E-state index in [1.165, 1.54) is 0 Å². The predicted octanol–water partition coefficient (Wildman–Crippen LogP) is 2.59. The van der Waals surface area contributed by atoms with Gasteiger partial charge in [-0.3, -0.25) is 9.36 Å². The Labute approximate surface area is 149 Å². The number of hydrogen-bond donors (Lipinski definition) is 1. The second-order valence-corrected chi connectivity index (χ2v) is 5.59. The first kappa shape index (κ1) is 21.7. The molecule has 1 aromatic carbocycles. The molecule has 0 saturated carbocycles. The number of carbonyl (C=O) groups is 1. The van der Waals surface area contributed by atoms with Gasteiger partial charge in [0.15, 0.2) is 0 Å². The summed E-state index contributed by atoms with van der Waals surface area (Å²) in [5.41, 5.74) is 7.76. The molecule has 5 nitrogen and oxygen atoms in total. The molecule has 1 atom stereocenters. The zero-order chi connectivity index (χ0) is 15.6. The smallest absolute Gasteiger partial charge is 0.247 e. The first-order valence-electron chi connectivity index (χ1n) is 7.06. The molecule has 0 radical (unpaired) electrons. The average molecular weight is 362 g/mol. The molecule has 0 aliphatic rings. The Morgan fingerprint density at radius 1 is 1.35 bits per heavy atom. The third-order valence-electron chi connectivity index (χ3n) is 3.55. The van der Waals surface area contributed by atoms with Crippen LogP contribution in [0.4, 0.5) is 0 Å². The lowest BCUT2D eigenvalue weighted by molar-refractivity contribution is 0.0892. The number of rotatable bonds is 5. The first-order chi connectivity index (χ1) is 9.93. The van der Waals surface area contributed by atoms with Gasteiger partial charge in [0.25, 0.3) is 0 Å². The normalized spacial score (nSPS) is 11.7. The molecule has 23 heavy (non-hydrogen) atoms. The summed E-state index contributed by atoms with van der Waals surface area (Å²) in [6, 6.07) is 5.23. The topological polar surface area (TPSA) is 60.5 Å². The number of aromatic nitrogens is 1. The molecule has 0 fully saturated rings. The van der Waals surface area contributed by atoms with Gasteiger partial charge in [-0.05, 0) is 51.2 Å². The zero-order valence-corrected chi connectivity index (χ0v) is 15.5. The lowest BCUT2D eigenvalue weighted by Gasteiger charge is -2.08. The van der Waals surface area contributed by atoms with Gasteiger partial charge < -0.3 is 15.4 Å². The number of carbonyl (C=O) groups excluding carboxylic acids is 1. The highest BCUT2D eigenvalue weighted by Gasteiger charge is 2.17. The van der Waals surface area contributed by atoms with Crippen LogP contribution in [0.5, 0.6) is 5.75 Å². The van der Waals surface area contributed by atoms with E-state index in [9.17, 15) is 4.79 Å². The van der Waals surface area contributed by atoms with E-state index >= 15 is 0 Å². The number of nitrogens with two attached hydrogens (primary N) is 1. The van der Waals surface area contributed by atoms with E-state index in [1.54, 1.807) is 18.6 Å². The fourth-order valence-corrected chi connectivity index (χ4v) is 2.35.